The van der Waals surface area contributed by atoms with E-state index in [-0.39, 0.29) is 0 Å². The molecular formula is C19H18I2N2. The normalized spacial score (nSPS) is 13.7. The number of para-hydroxylation sites is 1. The van der Waals surface area contributed by atoms with Gasteiger partial charge in [0.25, 0.3) is 0 Å². The molecule has 2 atom stereocenters. The third-order valence-corrected chi connectivity index (χ3v) is 8.17. The molecule has 0 saturated carbocycles. The number of hydrogen-bond donors (Lipinski definition) is 0. The number of hydrogen-bond acceptors (Lipinski definition) is 2. The lowest BCUT2D eigenvalue weighted by molar-refractivity contribution is 0.977. The van der Waals surface area contributed by atoms with Crippen molar-refractivity contribution in [3.8, 4) is 0 Å². The zero-order chi connectivity index (χ0) is 16.4. The number of alkyl halides is 2. The Labute approximate surface area is 164 Å². The molecule has 3 aromatic rings. The van der Waals surface area contributed by atoms with Gasteiger partial charge in [0.1, 0.15) is 0 Å². The highest BCUT2D eigenvalue weighted by atomic mass is 127. The Morgan fingerprint density at radius 3 is 2.26 bits per heavy atom. The van der Waals surface area contributed by atoms with E-state index in [1.807, 2.05) is 12.3 Å². The summed E-state index contributed by atoms with van der Waals surface area (Å²) >= 11 is 5.12. The molecule has 1 heterocycles. The van der Waals surface area contributed by atoms with Crippen molar-refractivity contribution in [2.45, 2.75) is 7.85 Å². The molecule has 23 heavy (non-hydrogen) atoms. The standard InChI is InChI=1S/C19H18I2N2/c1-23(2)14-9-7-13(8-10-14)18(20)19(21)16-11-12-22-17-6-4-3-5-15(16)17/h3-12,18-19H,1-2H3. The maximum atomic E-state index is 4.48. The molecule has 0 radical (unpaired) electrons. The number of nitrogens with zero attached hydrogens (tertiary/aromatic N) is 2. The quantitative estimate of drug-likeness (QED) is 0.308. The van der Waals surface area contributed by atoms with Gasteiger partial charge in [0, 0.05) is 31.4 Å². The van der Waals surface area contributed by atoms with Crippen LogP contribution in [0.3, 0.4) is 0 Å². The molecular weight excluding hydrogens is 510 g/mol. The van der Waals surface area contributed by atoms with Crippen molar-refractivity contribution in [2.24, 2.45) is 0 Å². The van der Waals surface area contributed by atoms with Crippen molar-refractivity contribution in [1.82, 2.24) is 4.98 Å². The molecule has 0 N–H and O–H groups in total. The van der Waals surface area contributed by atoms with E-state index in [9.17, 15) is 0 Å². The summed E-state index contributed by atoms with van der Waals surface area (Å²) in [5, 5.41) is 1.25. The number of fused-ring (bicyclic) bond motifs is 1. The molecule has 0 fully saturated rings. The van der Waals surface area contributed by atoms with E-state index in [2.05, 4.69) is 118 Å². The SMILES string of the molecule is CN(C)c1ccc(C(I)C(I)c2ccnc3ccccc23)cc1. The van der Waals surface area contributed by atoms with Crippen LogP contribution in [-0.2, 0) is 0 Å². The van der Waals surface area contributed by atoms with Gasteiger partial charge in [-0.05, 0) is 35.4 Å². The molecule has 118 valence electrons. The summed E-state index contributed by atoms with van der Waals surface area (Å²) in [6.07, 6.45) is 1.92. The van der Waals surface area contributed by atoms with Crippen LogP contribution in [0, 0.1) is 0 Å². The molecule has 2 aromatic carbocycles. The molecule has 3 rings (SSSR count). The fourth-order valence-electron chi connectivity index (χ4n) is 2.64. The van der Waals surface area contributed by atoms with E-state index >= 15 is 0 Å². The van der Waals surface area contributed by atoms with Crippen molar-refractivity contribution >= 4 is 61.8 Å². The van der Waals surface area contributed by atoms with Gasteiger partial charge < -0.3 is 4.90 Å². The van der Waals surface area contributed by atoms with Crippen LogP contribution in [-0.4, -0.2) is 19.1 Å². The fraction of sp³-hybridized carbons (Fsp3) is 0.211. The van der Waals surface area contributed by atoms with Gasteiger partial charge in [0.2, 0.25) is 0 Å². The smallest absolute Gasteiger partial charge is 0.0705 e. The maximum Gasteiger partial charge on any atom is 0.0705 e. The van der Waals surface area contributed by atoms with Crippen LogP contribution in [0.5, 0.6) is 0 Å². The Morgan fingerprint density at radius 2 is 1.57 bits per heavy atom. The monoisotopic (exact) mass is 528 g/mol. The minimum absolute atomic E-state index is 0.395. The molecule has 4 heteroatoms. The molecule has 0 aliphatic carbocycles. The van der Waals surface area contributed by atoms with Crippen LogP contribution in [0.4, 0.5) is 5.69 Å². The molecule has 2 nitrogen and oxygen atoms in total. The number of benzene rings is 2. The molecule has 2 unspecified atom stereocenters. The number of halogens is 2. The van der Waals surface area contributed by atoms with Gasteiger partial charge in [-0.3, -0.25) is 4.98 Å². The Kier molecular flexibility index (Phi) is 5.41. The number of pyridine rings is 1. The van der Waals surface area contributed by atoms with Gasteiger partial charge in [-0.25, -0.2) is 0 Å². The van der Waals surface area contributed by atoms with Crippen molar-refractivity contribution in [2.75, 3.05) is 19.0 Å². The second-order valence-electron chi connectivity index (χ2n) is 5.71. The zero-order valence-electron chi connectivity index (χ0n) is 13.1. The summed E-state index contributed by atoms with van der Waals surface area (Å²) in [5.41, 5.74) is 5.01. The number of anilines is 1. The summed E-state index contributed by atoms with van der Waals surface area (Å²) in [5.74, 6) is 0. The lowest BCUT2D eigenvalue weighted by atomic mass is 10.0. The first kappa shape index (κ1) is 17.0. The van der Waals surface area contributed by atoms with Gasteiger partial charge in [-0.1, -0.05) is 75.5 Å². The minimum atomic E-state index is 0.395. The molecule has 0 aliphatic rings. The Morgan fingerprint density at radius 1 is 0.870 bits per heavy atom. The van der Waals surface area contributed by atoms with Gasteiger partial charge in [0.05, 0.1) is 13.4 Å². The van der Waals surface area contributed by atoms with Crippen LogP contribution < -0.4 is 4.90 Å². The van der Waals surface area contributed by atoms with Crippen LogP contribution in [0.15, 0.2) is 60.8 Å². The summed E-state index contributed by atoms with van der Waals surface area (Å²) in [6.45, 7) is 0. The highest BCUT2D eigenvalue weighted by Crippen LogP contribution is 2.45. The van der Waals surface area contributed by atoms with E-state index < -0.39 is 0 Å². The maximum absolute atomic E-state index is 4.48. The van der Waals surface area contributed by atoms with Crippen molar-refractivity contribution in [3.63, 3.8) is 0 Å². The molecule has 0 bridgehead atoms. The predicted octanol–water partition coefficient (Wildman–Crippen LogP) is 5.95. The molecule has 1 aromatic heterocycles. The Balaban J connectivity index is 1.93. The number of aromatic nitrogens is 1. The first-order valence-electron chi connectivity index (χ1n) is 7.47. The van der Waals surface area contributed by atoms with E-state index in [1.165, 1.54) is 22.2 Å². The minimum Gasteiger partial charge on any atom is -0.378 e. The third kappa shape index (κ3) is 3.63. The molecule has 0 spiro atoms. The average molecular weight is 528 g/mol. The molecule has 0 amide bonds. The van der Waals surface area contributed by atoms with Crippen molar-refractivity contribution in [1.29, 1.82) is 0 Å². The van der Waals surface area contributed by atoms with Crippen LogP contribution in [0.2, 0.25) is 0 Å². The van der Waals surface area contributed by atoms with Crippen LogP contribution >= 0.6 is 45.2 Å². The summed E-state index contributed by atoms with van der Waals surface area (Å²) < 4.78 is 0.807. The van der Waals surface area contributed by atoms with Crippen LogP contribution in [0.1, 0.15) is 19.0 Å². The highest BCUT2D eigenvalue weighted by Gasteiger charge is 2.21. The molecule has 0 aliphatic heterocycles. The zero-order valence-corrected chi connectivity index (χ0v) is 17.4. The Bertz CT molecular complexity index is 795. The fourth-order valence-corrected chi connectivity index (χ4v) is 4.40. The summed E-state index contributed by atoms with van der Waals surface area (Å²) in [4.78, 5) is 6.60. The predicted molar refractivity (Wildman–Crippen MR) is 116 cm³/mol. The van der Waals surface area contributed by atoms with Gasteiger partial charge in [-0.15, -0.1) is 0 Å². The second-order valence-corrected chi connectivity index (χ2v) is 8.39. The lowest BCUT2D eigenvalue weighted by Gasteiger charge is -2.20. The largest absolute Gasteiger partial charge is 0.378 e. The highest BCUT2D eigenvalue weighted by molar-refractivity contribution is 14.1. The Hall–Kier alpha value is -0.890. The van der Waals surface area contributed by atoms with Crippen molar-refractivity contribution < 1.29 is 0 Å². The van der Waals surface area contributed by atoms with Gasteiger partial charge >= 0.3 is 0 Å². The van der Waals surface area contributed by atoms with Crippen LogP contribution in [0.25, 0.3) is 10.9 Å². The van der Waals surface area contributed by atoms with Gasteiger partial charge in [0.15, 0.2) is 0 Å². The van der Waals surface area contributed by atoms with E-state index in [4.69, 9.17) is 0 Å². The van der Waals surface area contributed by atoms with E-state index in [0.29, 0.717) is 7.85 Å². The lowest BCUT2D eigenvalue weighted by Crippen LogP contribution is -2.08. The van der Waals surface area contributed by atoms with E-state index in [0.717, 1.165) is 5.52 Å². The first-order valence-corrected chi connectivity index (χ1v) is 9.96. The average Bonchev–Trinajstić information content (AvgIpc) is 2.60. The second kappa shape index (κ2) is 7.34. The topological polar surface area (TPSA) is 16.1 Å². The molecule has 0 saturated heterocycles. The summed E-state index contributed by atoms with van der Waals surface area (Å²) in [7, 11) is 4.14. The number of rotatable bonds is 4. The first-order chi connectivity index (χ1) is 11.1. The van der Waals surface area contributed by atoms with Crippen molar-refractivity contribution in [3.05, 3.63) is 71.9 Å². The summed E-state index contributed by atoms with van der Waals surface area (Å²) in [6, 6.07) is 19.4. The van der Waals surface area contributed by atoms with Gasteiger partial charge in [-0.2, -0.15) is 0 Å². The van der Waals surface area contributed by atoms with E-state index in [1.54, 1.807) is 0 Å². The third-order valence-electron chi connectivity index (χ3n) is 3.96.